The molecule has 0 spiro atoms. The maximum Gasteiger partial charge on any atom is 0.410 e. The number of phenolic OH excluding ortho intramolecular Hbond substituents is 3. The van der Waals surface area contributed by atoms with Crippen LogP contribution in [0, 0.1) is 36.5 Å². The molecule has 18 N–H and O–H groups in total. The number of aliphatic hydroxyl groups excluding tert-OH is 5. The average molecular weight is 1800 g/mol. The topological polar surface area (TPSA) is 538 Å². The zero-order chi connectivity index (χ0) is 92.6. The van der Waals surface area contributed by atoms with Gasteiger partial charge in [-0.1, -0.05) is 55.8 Å². The molecule has 128 heavy (non-hydrogen) atoms. The second-order valence-electron chi connectivity index (χ2n) is 36.1. The predicted octanol–water partition coefficient (Wildman–Crippen LogP) is 6.61. The summed E-state index contributed by atoms with van der Waals surface area (Å²) in [5, 5.41) is 122. The number of likely N-dealkylation sites (N-methyl/N-ethyl adjacent to an activating group) is 1. The van der Waals surface area contributed by atoms with E-state index in [9.17, 15) is 60.0 Å². The van der Waals surface area contributed by atoms with Crippen molar-refractivity contribution >= 4 is 82.8 Å². The number of aromatic hydroxyl groups is 3. The summed E-state index contributed by atoms with van der Waals surface area (Å²) in [5.41, 5.74) is -3.30. The fourth-order valence-corrected chi connectivity index (χ4v) is 17.9. The van der Waals surface area contributed by atoms with E-state index in [1.165, 1.54) is 63.5 Å². The second-order valence-corrected chi connectivity index (χ2v) is 36.5. The molecule has 6 aromatic carbocycles. The molecule has 0 radical (unpaired) electrons. The lowest BCUT2D eigenvalue weighted by Crippen LogP contribution is -2.61. The Morgan fingerprint density at radius 1 is 0.625 bits per heavy atom. The van der Waals surface area contributed by atoms with Gasteiger partial charge in [-0.3, -0.25) is 48.6 Å². The number of fused-ring (bicyclic) bond motifs is 15. The molecule has 38 heteroatoms. The third kappa shape index (κ3) is 21.5. The Balaban J connectivity index is 0.999. The van der Waals surface area contributed by atoms with Crippen LogP contribution in [0.5, 0.6) is 46.0 Å². The van der Waals surface area contributed by atoms with Crippen molar-refractivity contribution in [1.29, 1.82) is 0 Å². The van der Waals surface area contributed by atoms with E-state index in [0.29, 0.717) is 24.9 Å². The van der Waals surface area contributed by atoms with Crippen LogP contribution < -0.4 is 67.4 Å². The number of carbonyl (C=O) groups is 11. The van der Waals surface area contributed by atoms with Crippen LogP contribution in [0.4, 0.5) is 20.1 Å². The largest absolute Gasteiger partial charge is 0.508 e. The number of nitrogens with one attached hydrogen (secondary N) is 10. The molecule has 14 atom stereocenters. The highest BCUT2D eigenvalue weighted by molar-refractivity contribution is 6.32. The third-order valence-electron chi connectivity index (χ3n) is 23.7. The number of rotatable bonds is 17. The van der Waals surface area contributed by atoms with Gasteiger partial charge in [0.2, 0.25) is 59.3 Å². The van der Waals surface area contributed by atoms with Gasteiger partial charge >= 0.3 is 18.2 Å². The van der Waals surface area contributed by atoms with E-state index >= 15 is 33.6 Å². The molecule has 0 aromatic heterocycles. The van der Waals surface area contributed by atoms with Crippen molar-refractivity contribution in [2.45, 2.75) is 216 Å². The zero-order valence-corrected chi connectivity index (χ0v) is 72.9. The molecule has 1 unspecified atom stereocenters. The number of carbonyl (C=O) groups excluding carboxylic acids is 11. The number of halogens is 1. The Bertz CT molecular complexity index is 5250. The summed E-state index contributed by atoms with van der Waals surface area (Å²) in [6.07, 6.45) is -12.9. The van der Waals surface area contributed by atoms with Gasteiger partial charge in [0, 0.05) is 49.6 Å². The Morgan fingerprint density at radius 3 is 1.88 bits per heavy atom. The van der Waals surface area contributed by atoms with Gasteiger partial charge in [-0.05, 0) is 229 Å². The molecule has 16 rings (SSSR count). The van der Waals surface area contributed by atoms with Gasteiger partial charge in [0.15, 0.2) is 11.5 Å². The van der Waals surface area contributed by atoms with Gasteiger partial charge in [-0.15, -0.1) is 0 Å². The molecule has 6 aliphatic heterocycles. The number of phenols is 3. The molecule has 686 valence electrons. The molecule has 12 amide bonds. The SMILES string of the molecule is COCCc1ccc(NC(=O)NC(=O)C[C@@H]2NC(=O)[C@H](NC(=O)[C@@H](CC(C)C)N(C)C(=O)OC(C)(C)C)[C@H](O)c3ccc(c(C)c3)Oc3cc4cc(c3O[C@@H]3O[C@H](CNC(=O)OC(C)(C)C)[C@@H](O)[C@H](O)[C@H]3O)Oc3ccc(cc3Cl)[C@@H](O)[C@@H]3NC(=O)[C@H](NC(=O)C4NC2=O)c2ccc(O)c(c2)-c2c(O)cc(O)cc2[C@@H](C(=O)NC2C4CC5CC(C4)CC2C5)NC3=O)cc1. The van der Waals surface area contributed by atoms with Crippen molar-refractivity contribution in [2.75, 3.05) is 32.6 Å². The number of hydrogen-bond acceptors (Lipinski definition) is 26. The maximum absolute atomic E-state index is 16.7. The lowest BCUT2D eigenvalue weighted by Gasteiger charge is -2.54. The van der Waals surface area contributed by atoms with Gasteiger partial charge in [0.25, 0.3) is 0 Å². The molecular weight excluding hydrogens is 1690 g/mol. The van der Waals surface area contributed by atoms with Crippen LogP contribution in [0.3, 0.4) is 0 Å². The number of benzene rings is 6. The van der Waals surface area contributed by atoms with Crippen molar-refractivity contribution < 1.29 is 127 Å². The Kier molecular flexibility index (Phi) is 28.1. The predicted molar refractivity (Wildman–Crippen MR) is 456 cm³/mol. The van der Waals surface area contributed by atoms with Gasteiger partial charge in [0.05, 0.1) is 18.1 Å². The van der Waals surface area contributed by atoms with Crippen LogP contribution in [0.1, 0.15) is 170 Å². The van der Waals surface area contributed by atoms with Crippen LogP contribution in [0.25, 0.3) is 11.1 Å². The van der Waals surface area contributed by atoms with Crippen molar-refractivity contribution in [3.63, 3.8) is 0 Å². The van der Waals surface area contributed by atoms with Crippen LogP contribution in [0.2, 0.25) is 5.02 Å². The van der Waals surface area contributed by atoms with Gasteiger partial charge in [-0.2, -0.15) is 0 Å². The first-order valence-corrected chi connectivity index (χ1v) is 42.6. The molecule has 15 bridgehead atoms. The van der Waals surface area contributed by atoms with Crippen molar-refractivity contribution in [2.24, 2.45) is 29.6 Å². The number of aryl methyl sites for hydroxylation is 1. The average Bonchev–Trinajstić information content (AvgIpc) is 0.777. The van der Waals surface area contributed by atoms with Gasteiger partial charge in [-0.25, -0.2) is 14.4 Å². The first kappa shape index (κ1) is 93.5. The minimum atomic E-state index is -2.43. The fourth-order valence-electron chi connectivity index (χ4n) is 17.7. The van der Waals surface area contributed by atoms with Gasteiger partial charge < -0.3 is 122 Å². The Labute approximate surface area is 741 Å². The number of anilines is 1. The zero-order valence-electron chi connectivity index (χ0n) is 72.2. The summed E-state index contributed by atoms with van der Waals surface area (Å²) in [6.45, 7) is 14.2. The lowest BCUT2D eigenvalue weighted by atomic mass is 9.54. The lowest BCUT2D eigenvalue weighted by molar-refractivity contribution is -0.270. The van der Waals surface area contributed by atoms with Crippen molar-refractivity contribution in [3.05, 3.63) is 147 Å². The highest BCUT2D eigenvalue weighted by atomic mass is 35.5. The number of ether oxygens (including phenoxy) is 7. The summed E-state index contributed by atoms with van der Waals surface area (Å²) >= 11 is 7.25. The van der Waals surface area contributed by atoms with Crippen molar-refractivity contribution in [1.82, 2.24) is 52.8 Å². The van der Waals surface area contributed by atoms with Gasteiger partial charge in [0.1, 0.15) is 119 Å². The van der Waals surface area contributed by atoms with E-state index in [-0.39, 0.29) is 80.3 Å². The smallest absolute Gasteiger partial charge is 0.410 e. The molecule has 10 aliphatic rings. The van der Waals surface area contributed by atoms with Crippen LogP contribution in [0.15, 0.2) is 103 Å². The quantitative estimate of drug-likeness (QED) is 0.0456. The van der Waals surface area contributed by atoms with Crippen LogP contribution >= 0.6 is 11.6 Å². The number of imide groups is 1. The molecule has 37 nitrogen and oxygen atoms in total. The molecule has 5 fully saturated rings. The normalized spacial score (nSPS) is 26.4. The summed E-state index contributed by atoms with van der Waals surface area (Å²) in [4.78, 5) is 168. The van der Waals surface area contributed by atoms with Crippen LogP contribution in [-0.2, 0) is 63.7 Å². The van der Waals surface area contributed by atoms with E-state index < -0.39 is 226 Å². The molecule has 4 aliphatic carbocycles. The highest BCUT2D eigenvalue weighted by Crippen LogP contribution is 2.55. The molecule has 6 heterocycles. The first-order chi connectivity index (χ1) is 60.4. The number of hydrogen-bond donors (Lipinski definition) is 18. The van der Waals surface area contributed by atoms with E-state index in [4.69, 9.17) is 44.8 Å². The second kappa shape index (κ2) is 38.4. The first-order valence-electron chi connectivity index (χ1n) is 42.2. The highest BCUT2D eigenvalue weighted by Gasteiger charge is 2.52. The van der Waals surface area contributed by atoms with E-state index in [1.807, 2.05) is 0 Å². The number of aliphatic hydroxyl groups is 5. The fraction of sp³-hybridized carbons (Fsp3) is 0.478. The summed E-state index contributed by atoms with van der Waals surface area (Å²) in [7, 11) is 2.80. The monoisotopic (exact) mass is 1790 g/mol. The standard InChI is InChI=1S/C90H108ClN11O26/c1-39(2)24-56(102(10)88(121)128-90(7,8)9)79(113)100-70-72(107)45-15-20-59(40(3)25-45)123-61-33-49-34-62(77(61)126-85-76(111)75(110)74(109)63(125-85)38-92-87(120)127-89(4,5)6)124-60-21-16-46(32-54(60)91)73(108)71-84(118)99-69(82(116)96-66-47-27-42-26-43(29-47)30-48(66)28-42)53-35-51(103)36-58(105)65(53)52-31-44(14-19-57(52)104)67(80(114)101-71)98-81(115)68(49)97-78(112)55(94-83(70)117)37-64(106)95-86(119)93-50-17-12-41(13-18-50)22-23-122-11/h12-21,25,31-36,39,42-43,47-48,55-56,63,66-76,85,103-105,107-111H,22-24,26-30,37-38H2,1-11H3,(H,92,120)(H,94,117)(H,96,116)(H,97,112)(H,98,115)(H,99,118)(H,100,113)(H,101,114)(H2,93,95,106,119)/t42?,43?,47?,48?,55-,56+,63+,66?,67+,68?,69-,70+,71-,72+,73+,74+,75-,76+,85-/m0/s1. The Morgan fingerprint density at radius 2 is 1.24 bits per heavy atom. The van der Waals surface area contributed by atoms with E-state index in [0.717, 1.165) is 91.1 Å². The Hall–Kier alpha value is -12.1. The number of nitrogens with zero attached hydrogens (tertiary/aromatic N) is 1. The van der Waals surface area contributed by atoms with E-state index in [2.05, 4.69) is 53.2 Å². The molecule has 1 saturated heterocycles. The molecular formula is C90H108ClN11O26. The molecule has 6 aromatic rings. The summed E-state index contributed by atoms with van der Waals surface area (Å²) in [6, 6.07) is 4.65. The molecule has 4 saturated carbocycles. The number of methoxy groups -OCH3 is 1. The summed E-state index contributed by atoms with van der Waals surface area (Å²) in [5.74, 6) is -14.2. The van der Waals surface area contributed by atoms with Crippen LogP contribution in [-0.4, -0.2) is 211 Å². The van der Waals surface area contributed by atoms with Crippen molar-refractivity contribution in [3.8, 4) is 57.1 Å². The number of amides is 12. The summed E-state index contributed by atoms with van der Waals surface area (Å²) < 4.78 is 42.6. The maximum atomic E-state index is 16.7. The number of urea groups is 1. The number of alkyl carbamates (subject to hydrolysis) is 1. The third-order valence-corrected chi connectivity index (χ3v) is 24.0. The van der Waals surface area contributed by atoms with E-state index in [1.54, 1.807) is 67.5 Å². The minimum absolute atomic E-state index is 0.0482. The minimum Gasteiger partial charge on any atom is -0.508 e.